The van der Waals surface area contributed by atoms with Crippen molar-refractivity contribution < 1.29 is 13.2 Å². The molecule has 1 N–H and O–H groups in total. The number of hydrogen-bond donors (Lipinski definition) is 1. The molecule has 0 unspecified atom stereocenters. The molecule has 0 amide bonds. The summed E-state index contributed by atoms with van der Waals surface area (Å²) in [5.41, 5.74) is 2.09. The van der Waals surface area contributed by atoms with E-state index in [1.807, 2.05) is 13.0 Å². The van der Waals surface area contributed by atoms with Crippen LogP contribution in [-0.4, -0.2) is 24.6 Å². The molecule has 0 aliphatic carbocycles. The summed E-state index contributed by atoms with van der Waals surface area (Å²) < 4.78 is 40.5. The molecular weight excluding hydrogens is 369 g/mol. The smallest absolute Gasteiger partial charge is 0.323 e. The number of rotatable bonds is 4. The summed E-state index contributed by atoms with van der Waals surface area (Å²) in [6.45, 7) is 2.01. The fraction of sp³-hybridized carbons (Fsp3) is 0.158. The molecule has 0 saturated heterocycles. The van der Waals surface area contributed by atoms with Gasteiger partial charge in [0.1, 0.15) is 5.69 Å². The van der Waals surface area contributed by atoms with Gasteiger partial charge in [0.15, 0.2) is 5.65 Å². The summed E-state index contributed by atoms with van der Waals surface area (Å²) in [6.07, 6.45) is -0.895. The average Bonchev–Trinajstić information content (AvgIpc) is 3.10. The van der Waals surface area contributed by atoms with Crippen molar-refractivity contribution in [3.63, 3.8) is 0 Å². The molecule has 0 aliphatic rings. The van der Waals surface area contributed by atoms with Gasteiger partial charge in [-0.1, -0.05) is 13.0 Å². The molecule has 0 spiro atoms. The first-order valence-electron chi connectivity index (χ1n) is 8.55. The van der Waals surface area contributed by atoms with E-state index in [0.29, 0.717) is 22.9 Å². The predicted molar refractivity (Wildman–Crippen MR) is 98.1 cm³/mol. The largest absolute Gasteiger partial charge is 0.433 e. The number of hydrogen-bond acceptors (Lipinski definition) is 5. The number of anilines is 2. The van der Waals surface area contributed by atoms with Crippen LogP contribution in [0.3, 0.4) is 0 Å². The first-order chi connectivity index (χ1) is 13.4. The highest BCUT2D eigenvalue weighted by Crippen LogP contribution is 2.30. The first-order valence-corrected chi connectivity index (χ1v) is 8.55. The van der Waals surface area contributed by atoms with Gasteiger partial charge < -0.3 is 5.32 Å². The molecule has 4 rings (SSSR count). The third kappa shape index (κ3) is 3.51. The van der Waals surface area contributed by atoms with Crippen molar-refractivity contribution in [2.24, 2.45) is 0 Å². The molecule has 0 aromatic carbocycles. The van der Waals surface area contributed by atoms with E-state index in [1.165, 1.54) is 10.6 Å². The quantitative estimate of drug-likeness (QED) is 0.561. The van der Waals surface area contributed by atoms with E-state index < -0.39 is 11.9 Å². The topological polar surface area (TPSA) is 68.0 Å². The molecule has 142 valence electrons. The van der Waals surface area contributed by atoms with Crippen molar-refractivity contribution in [1.82, 2.24) is 24.6 Å². The number of aromatic nitrogens is 5. The minimum Gasteiger partial charge on any atom is -0.323 e. The predicted octanol–water partition coefficient (Wildman–Crippen LogP) is 4.51. The van der Waals surface area contributed by atoms with Gasteiger partial charge in [0.25, 0.3) is 0 Å². The molecule has 4 heterocycles. The molecule has 28 heavy (non-hydrogen) atoms. The zero-order chi connectivity index (χ0) is 19.7. The van der Waals surface area contributed by atoms with Gasteiger partial charge in [-0.25, -0.2) is 4.52 Å². The molecule has 9 heteroatoms. The van der Waals surface area contributed by atoms with Crippen LogP contribution < -0.4 is 5.32 Å². The van der Waals surface area contributed by atoms with Crippen LogP contribution in [0.1, 0.15) is 18.3 Å². The Hall–Kier alpha value is -3.49. The molecule has 0 fully saturated rings. The second-order valence-corrected chi connectivity index (χ2v) is 6.06. The lowest BCUT2D eigenvalue weighted by atomic mass is 10.1. The fourth-order valence-corrected chi connectivity index (χ4v) is 2.80. The summed E-state index contributed by atoms with van der Waals surface area (Å²) in [7, 11) is 0. The van der Waals surface area contributed by atoms with Crippen LogP contribution in [-0.2, 0) is 12.6 Å². The minimum absolute atomic E-state index is 0.339. The first kappa shape index (κ1) is 17.9. The number of halogens is 3. The number of fused-ring (bicyclic) bond motifs is 1. The van der Waals surface area contributed by atoms with Crippen molar-refractivity contribution in [3.05, 3.63) is 66.2 Å². The fourth-order valence-electron chi connectivity index (χ4n) is 2.80. The summed E-state index contributed by atoms with van der Waals surface area (Å²) in [5, 5.41) is 7.51. The van der Waals surface area contributed by atoms with Crippen molar-refractivity contribution in [2.45, 2.75) is 19.5 Å². The van der Waals surface area contributed by atoms with E-state index >= 15 is 0 Å². The third-order valence-corrected chi connectivity index (χ3v) is 4.14. The van der Waals surface area contributed by atoms with Gasteiger partial charge >= 0.3 is 6.18 Å². The van der Waals surface area contributed by atoms with Gasteiger partial charge in [-0.2, -0.15) is 18.2 Å². The second kappa shape index (κ2) is 6.91. The zero-order valence-corrected chi connectivity index (χ0v) is 14.8. The number of nitrogens with zero attached hydrogens (tertiary/aromatic N) is 5. The number of alkyl halides is 3. The lowest BCUT2D eigenvalue weighted by Crippen LogP contribution is -2.08. The monoisotopic (exact) mass is 384 g/mol. The molecule has 0 saturated carbocycles. The second-order valence-electron chi connectivity index (χ2n) is 6.06. The zero-order valence-electron chi connectivity index (χ0n) is 14.8. The maximum absolute atomic E-state index is 13.0. The van der Waals surface area contributed by atoms with Crippen LogP contribution in [0.4, 0.5) is 24.8 Å². The highest BCUT2D eigenvalue weighted by molar-refractivity contribution is 5.65. The van der Waals surface area contributed by atoms with E-state index in [1.54, 1.807) is 30.5 Å². The van der Waals surface area contributed by atoms with Crippen molar-refractivity contribution in [1.29, 1.82) is 0 Å². The summed E-state index contributed by atoms with van der Waals surface area (Å²) in [6, 6.07) is 11.3. The Morgan fingerprint density at radius 1 is 1.04 bits per heavy atom. The van der Waals surface area contributed by atoms with Crippen molar-refractivity contribution in [3.8, 4) is 11.3 Å². The Balaban J connectivity index is 1.73. The van der Waals surface area contributed by atoms with Gasteiger partial charge in [0.2, 0.25) is 5.95 Å². The standard InChI is InChI=1S/C19H15F3N6/c1-2-13-11-14(7-9-23-13)25-18-26-17-5-3-4-15(28(17)27-18)12-6-8-24-16(10-12)19(20,21)22/h3-11H,2H2,1H3,(H,23,25,27). The molecule has 4 aromatic rings. The van der Waals surface area contributed by atoms with Crippen LogP contribution in [0, 0.1) is 0 Å². The van der Waals surface area contributed by atoms with E-state index in [-0.39, 0.29) is 0 Å². The van der Waals surface area contributed by atoms with Crippen molar-refractivity contribution in [2.75, 3.05) is 5.32 Å². The highest BCUT2D eigenvalue weighted by Gasteiger charge is 2.32. The van der Waals surface area contributed by atoms with E-state index in [9.17, 15) is 13.2 Å². The Kier molecular flexibility index (Phi) is 4.42. The maximum Gasteiger partial charge on any atom is 0.433 e. The Morgan fingerprint density at radius 2 is 1.86 bits per heavy atom. The van der Waals surface area contributed by atoms with E-state index in [0.717, 1.165) is 30.1 Å². The molecular formula is C19H15F3N6. The van der Waals surface area contributed by atoms with Crippen LogP contribution in [0.2, 0.25) is 0 Å². The minimum atomic E-state index is -4.52. The van der Waals surface area contributed by atoms with Gasteiger partial charge in [-0.05, 0) is 42.8 Å². The van der Waals surface area contributed by atoms with Crippen LogP contribution in [0.25, 0.3) is 16.9 Å². The molecule has 6 nitrogen and oxygen atoms in total. The number of pyridine rings is 3. The van der Waals surface area contributed by atoms with Gasteiger partial charge in [-0.15, -0.1) is 5.10 Å². The van der Waals surface area contributed by atoms with E-state index in [2.05, 4.69) is 25.4 Å². The van der Waals surface area contributed by atoms with Crippen LogP contribution in [0.15, 0.2) is 54.9 Å². The normalized spacial score (nSPS) is 11.7. The maximum atomic E-state index is 13.0. The Bertz CT molecular complexity index is 1140. The SMILES string of the molecule is CCc1cc(Nc2nc3cccc(-c4ccnc(C(F)(F)F)c4)n3n2)ccn1. The number of aryl methyl sites for hydroxylation is 1. The third-order valence-electron chi connectivity index (χ3n) is 4.14. The molecule has 0 atom stereocenters. The van der Waals surface area contributed by atoms with Gasteiger partial charge in [0.05, 0.1) is 5.69 Å². The lowest BCUT2D eigenvalue weighted by molar-refractivity contribution is -0.141. The van der Waals surface area contributed by atoms with Crippen molar-refractivity contribution >= 4 is 17.3 Å². The van der Waals surface area contributed by atoms with Gasteiger partial charge in [-0.3, -0.25) is 9.97 Å². The molecule has 0 radical (unpaired) electrons. The Labute approximate surface area is 158 Å². The summed E-state index contributed by atoms with van der Waals surface area (Å²) >= 11 is 0. The summed E-state index contributed by atoms with van der Waals surface area (Å²) in [4.78, 5) is 12.0. The van der Waals surface area contributed by atoms with Crippen LogP contribution in [0.5, 0.6) is 0 Å². The number of nitrogens with one attached hydrogen (secondary N) is 1. The highest BCUT2D eigenvalue weighted by atomic mass is 19.4. The summed E-state index contributed by atoms with van der Waals surface area (Å²) in [5.74, 6) is 0.339. The average molecular weight is 384 g/mol. The van der Waals surface area contributed by atoms with E-state index in [4.69, 9.17) is 0 Å². The van der Waals surface area contributed by atoms with Gasteiger partial charge in [0, 0.05) is 29.3 Å². The Morgan fingerprint density at radius 3 is 2.64 bits per heavy atom. The lowest BCUT2D eigenvalue weighted by Gasteiger charge is -2.08. The molecule has 0 aliphatic heterocycles. The van der Waals surface area contributed by atoms with Crippen LogP contribution >= 0.6 is 0 Å². The molecule has 0 bridgehead atoms. The molecule has 4 aromatic heterocycles.